The van der Waals surface area contributed by atoms with Gasteiger partial charge in [-0.05, 0) is 31.0 Å². The first-order valence-electron chi connectivity index (χ1n) is 10.7. The summed E-state index contributed by atoms with van der Waals surface area (Å²) in [5, 5.41) is 6.18. The molecule has 0 saturated carbocycles. The molecular formula is C22H30N4O7S. The number of hydrogen-bond donors (Lipinski definition) is 1. The minimum absolute atomic E-state index is 0.0269. The molecule has 12 heteroatoms. The first-order valence-corrected chi connectivity index (χ1v) is 12.6. The fourth-order valence-electron chi connectivity index (χ4n) is 3.81. The number of sulfonamides is 1. The summed E-state index contributed by atoms with van der Waals surface area (Å²) in [6.07, 6.45) is 2.12. The van der Waals surface area contributed by atoms with Crippen molar-refractivity contribution in [1.82, 2.24) is 14.4 Å². The molecule has 186 valence electrons. The van der Waals surface area contributed by atoms with Crippen molar-refractivity contribution in [3.8, 4) is 5.75 Å². The molecule has 0 fully saturated rings. The van der Waals surface area contributed by atoms with Gasteiger partial charge < -0.3 is 24.2 Å². The second-order valence-corrected chi connectivity index (χ2v) is 10.4. The Hall–Kier alpha value is -2.96. The van der Waals surface area contributed by atoms with E-state index in [2.05, 4.69) is 10.5 Å². The number of amides is 2. The van der Waals surface area contributed by atoms with Gasteiger partial charge >= 0.3 is 0 Å². The van der Waals surface area contributed by atoms with Gasteiger partial charge in [0.1, 0.15) is 12.4 Å². The van der Waals surface area contributed by atoms with Crippen molar-refractivity contribution in [1.29, 1.82) is 0 Å². The van der Waals surface area contributed by atoms with Gasteiger partial charge in [0.2, 0.25) is 15.8 Å². The van der Waals surface area contributed by atoms with Gasteiger partial charge in [-0.15, -0.1) is 0 Å². The second kappa shape index (κ2) is 10.5. The van der Waals surface area contributed by atoms with E-state index >= 15 is 0 Å². The Labute approximate surface area is 199 Å². The van der Waals surface area contributed by atoms with Crippen LogP contribution in [0.2, 0.25) is 0 Å². The number of carbonyl (C=O) groups excluding carboxylic acids is 2. The highest BCUT2D eigenvalue weighted by atomic mass is 32.2. The molecule has 3 atom stereocenters. The molecule has 2 aromatic rings. The average Bonchev–Trinajstić information content (AvgIpc) is 3.32. The number of hydrogen-bond acceptors (Lipinski definition) is 8. The Morgan fingerprint density at radius 3 is 2.59 bits per heavy atom. The van der Waals surface area contributed by atoms with Crippen LogP contribution in [0.1, 0.15) is 34.8 Å². The van der Waals surface area contributed by atoms with E-state index in [1.807, 2.05) is 6.92 Å². The molecule has 3 rings (SSSR count). The van der Waals surface area contributed by atoms with Crippen molar-refractivity contribution >= 4 is 27.5 Å². The van der Waals surface area contributed by atoms with Gasteiger partial charge in [0.15, 0.2) is 0 Å². The van der Waals surface area contributed by atoms with Crippen molar-refractivity contribution in [3.05, 3.63) is 41.8 Å². The van der Waals surface area contributed by atoms with Crippen molar-refractivity contribution in [3.63, 3.8) is 0 Å². The number of benzene rings is 1. The minimum Gasteiger partial charge on any atom is -0.491 e. The fraction of sp³-hybridized carbons (Fsp3) is 0.500. The van der Waals surface area contributed by atoms with Crippen LogP contribution in [-0.4, -0.2) is 86.8 Å². The molecule has 0 spiro atoms. The van der Waals surface area contributed by atoms with E-state index in [1.165, 1.54) is 34.6 Å². The molecule has 2 amide bonds. The van der Waals surface area contributed by atoms with Crippen LogP contribution in [0.15, 0.2) is 35.0 Å². The van der Waals surface area contributed by atoms with Crippen LogP contribution < -0.4 is 10.1 Å². The van der Waals surface area contributed by atoms with Gasteiger partial charge in [-0.2, -0.15) is 4.31 Å². The Balaban J connectivity index is 1.97. The lowest BCUT2D eigenvalue weighted by Gasteiger charge is -2.34. The smallest absolute Gasteiger partial charge is 0.294 e. The second-order valence-electron chi connectivity index (χ2n) is 8.47. The molecule has 1 aromatic carbocycles. The van der Waals surface area contributed by atoms with Crippen molar-refractivity contribution in [2.75, 3.05) is 45.4 Å². The summed E-state index contributed by atoms with van der Waals surface area (Å²) in [4.78, 5) is 27.2. The van der Waals surface area contributed by atoms with Gasteiger partial charge in [0.25, 0.3) is 11.8 Å². The van der Waals surface area contributed by atoms with Crippen LogP contribution in [0.4, 0.5) is 5.69 Å². The third kappa shape index (κ3) is 5.93. The molecule has 0 aliphatic carbocycles. The topological polar surface area (TPSA) is 131 Å². The van der Waals surface area contributed by atoms with Gasteiger partial charge in [0, 0.05) is 39.0 Å². The monoisotopic (exact) mass is 494 g/mol. The molecule has 34 heavy (non-hydrogen) atoms. The lowest BCUT2D eigenvalue weighted by molar-refractivity contribution is 0.0213. The van der Waals surface area contributed by atoms with E-state index in [1.54, 1.807) is 26.1 Å². The molecule has 0 bridgehead atoms. The number of ether oxygens (including phenoxy) is 2. The summed E-state index contributed by atoms with van der Waals surface area (Å²) in [7, 11) is -0.348. The summed E-state index contributed by atoms with van der Waals surface area (Å²) in [5.41, 5.74) is 0.583. The van der Waals surface area contributed by atoms with Crippen molar-refractivity contribution < 1.29 is 32.0 Å². The summed E-state index contributed by atoms with van der Waals surface area (Å²) in [6, 6.07) is 5.60. The van der Waals surface area contributed by atoms with Crippen LogP contribution in [0, 0.1) is 5.92 Å². The zero-order valence-electron chi connectivity index (χ0n) is 19.8. The first kappa shape index (κ1) is 25.7. The summed E-state index contributed by atoms with van der Waals surface area (Å²) < 4.78 is 42.7. The number of methoxy groups -OCH3 is 1. The summed E-state index contributed by atoms with van der Waals surface area (Å²) >= 11 is 0. The molecule has 0 unspecified atom stereocenters. The zero-order valence-corrected chi connectivity index (χ0v) is 20.7. The molecule has 2 heterocycles. The minimum atomic E-state index is -3.52. The Bertz CT molecular complexity index is 1120. The number of fused-ring (bicyclic) bond motifs is 1. The quantitative estimate of drug-likeness (QED) is 0.679. The number of likely N-dealkylation sites (N-methyl/N-ethyl adjacent to an activating group) is 1. The predicted molar refractivity (Wildman–Crippen MR) is 124 cm³/mol. The van der Waals surface area contributed by atoms with Crippen LogP contribution in [0.25, 0.3) is 0 Å². The van der Waals surface area contributed by atoms with Crippen LogP contribution in [0.5, 0.6) is 5.75 Å². The molecule has 1 aromatic heterocycles. The lowest BCUT2D eigenvalue weighted by Crippen LogP contribution is -2.48. The fourth-order valence-corrected chi connectivity index (χ4v) is 5.03. The number of anilines is 1. The Kier molecular flexibility index (Phi) is 7.95. The highest BCUT2D eigenvalue weighted by Gasteiger charge is 2.32. The van der Waals surface area contributed by atoms with Gasteiger partial charge in [-0.1, -0.05) is 12.1 Å². The summed E-state index contributed by atoms with van der Waals surface area (Å²) in [5.74, 6) is -0.730. The molecule has 0 saturated heterocycles. The van der Waals surface area contributed by atoms with Gasteiger partial charge in [-0.25, -0.2) is 8.42 Å². The highest BCUT2D eigenvalue weighted by Crippen LogP contribution is 2.27. The lowest BCUT2D eigenvalue weighted by atomic mass is 10.0. The Morgan fingerprint density at radius 1 is 1.24 bits per heavy atom. The zero-order chi connectivity index (χ0) is 25.0. The van der Waals surface area contributed by atoms with E-state index in [9.17, 15) is 18.0 Å². The average molecular weight is 495 g/mol. The SMILES string of the molecule is CO[C@@H]1CN(C)C(=O)c2cc(NC(=O)c3ccno3)ccc2OC[C@@H](C)N(S(C)(=O)=O)C[C@H]1C. The van der Waals surface area contributed by atoms with Crippen LogP contribution in [-0.2, 0) is 14.8 Å². The number of rotatable bonds is 4. The molecular weight excluding hydrogens is 464 g/mol. The molecule has 0 radical (unpaired) electrons. The summed E-state index contributed by atoms with van der Waals surface area (Å²) in [6.45, 7) is 4.13. The first-order chi connectivity index (χ1) is 16.0. The van der Waals surface area contributed by atoms with E-state index < -0.39 is 28.1 Å². The van der Waals surface area contributed by atoms with Crippen LogP contribution >= 0.6 is 0 Å². The third-order valence-electron chi connectivity index (χ3n) is 5.73. The molecule has 1 N–H and O–H groups in total. The third-order valence-corrected chi connectivity index (χ3v) is 7.09. The van der Waals surface area contributed by atoms with Crippen LogP contribution in [0.3, 0.4) is 0 Å². The number of nitrogens with one attached hydrogen (secondary N) is 1. The standard InChI is InChI=1S/C22H30N4O7S/c1-14-11-26(34(5,29)30)15(2)13-32-18-7-6-16(24-21(27)19-8-9-23-33-19)10-17(18)22(28)25(3)12-20(14)31-4/h6-10,14-15,20H,11-13H2,1-5H3,(H,24,27)/t14-,15-,20-/m1/s1. The van der Waals surface area contributed by atoms with E-state index in [4.69, 9.17) is 14.0 Å². The van der Waals surface area contributed by atoms with Gasteiger partial charge in [0.05, 0.1) is 30.2 Å². The molecule has 1 aliphatic heterocycles. The molecule has 1 aliphatic rings. The number of nitrogens with zero attached hydrogens (tertiary/aromatic N) is 3. The van der Waals surface area contributed by atoms with E-state index in [-0.39, 0.29) is 48.6 Å². The Morgan fingerprint density at radius 2 is 1.97 bits per heavy atom. The van der Waals surface area contributed by atoms with Crippen molar-refractivity contribution in [2.24, 2.45) is 5.92 Å². The van der Waals surface area contributed by atoms with E-state index in [0.29, 0.717) is 5.69 Å². The maximum atomic E-state index is 13.3. The predicted octanol–water partition coefficient (Wildman–Crippen LogP) is 1.69. The highest BCUT2D eigenvalue weighted by molar-refractivity contribution is 7.88. The van der Waals surface area contributed by atoms with E-state index in [0.717, 1.165) is 6.26 Å². The number of aromatic nitrogens is 1. The maximum Gasteiger partial charge on any atom is 0.294 e. The van der Waals surface area contributed by atoms with Crippen molar-refractivity contribution in [2.45, 2.75) is 26.0 Å². The van der Waals surface area contributed by atoms with Gasteiger partial charge in [-0.3, -0.25) is 9.59 Å². The normalized spacial score (nSPS) is 22.8. The number of carbonyl (C=O) groups is 2. The maximum absolute atomic E-state index is 13.3. The largest absolute Gasteiger partial charge is 0.491 e. The molecule has 11 nitrogen and oxygen atoms in total.